The summed E-state index contributed by atoms with van der Waals surface area (Å²) in [6.07, 6.45) is 3.50. The number of fused-ring (bicyclic) bond motifs is 1. The molecule has 62 valence electrons. The number of aromatic amines is 1. The van der Waals surface area contributed by atoms with Gasteiger partial charge in [0.1, 0.15) is 0 Å². The van der Waals surface area contributed by atoms with Crippen LogP contribution >= 0.6 is 0 Å². The fraction of sp³-hybridized carbons (Fsp3) is 0.111. The molecule has 0 fully saturated rings. The van der Waals surface area contributed by atoms with Crippen LogP contribution in [0.15, 0.2) is 35.4 Å². The summed E-state index contributed by atoms with van der Waals surface area (Å²) in [5.41, 5.74) is 1.04. The molecule has 1 aromatic heterocycles. The summed E-state index contributed by atoms with van der Waals surface area (Å²) in [5.74, 6) is 0. The van der Waals surface area contributed by atoms with E-state index in [1.165, 1.54) is 0 Å². The van der Waals surface area contributed by atoms with E-state index in [4.69, 9.17) is 0 Å². The minimum atomic E-state index is -0.904. The molecule has 0 unspecified atom stereocenters. The maximum atomic E-state index is 11.2. The second kappa shape index (κ2) is 2.75. The number of hydrogen-bond acceptors (Lipinski definition) is 1. The third kappa shape index (κ3) is 1.06. The second-order valence-corrected chi connectivity index (χ2v) is 4.00. The van der Waals surface area contributed by atoms with Crippen LogP contribution in [0.3, 0.4) is 0 Å². The monoisotopic (exact) mass is 179 g/mol. The zero-order chi connectivity index (χ0) is 8.55. The van der Waals surface area contributed by atoms with Gasteiger partial charge >= 0.3 is 0 Å². The van der Waals surface area contributed by atoms with Crippen LogP contribution in [0.4, 0.5) is 0 Å². The fourth-order valence-electron chi connectivity index (χ4n) is 1.28. The zero-order valence-corrected chi connectivity index (χ0v) is 7.52. The molecule has 0 saturated carbocycles. The van der Waals surface area contributed by atoms with Crippen molar-refractivity contribution in [3.8, 4) is 0 Å². The highest BCUT2D eigenvalue weighted by Gasteiger charge is 2.04. The SMILES string of the molecule is C[S@](=O)c1c[nH]c2ccccc12. The van der Waals surface area contributed by atoms with E-state index in [0.29, 0.717) is 0 Å². The highest BCUT2D eigenvalue weighted by molar-refractivity contribution is 7.84. The van der Waals surface area contributed by atoms with Crippen molar-refractivity contribution in [3.05, 3.63) is 30.5 Å². The first kappa shape index (κ1) is 7.55. The summed E-state index contributed by atoms with van der Waals surface area (Å²) in [6.45, 7) is 0. The van der Waals surface area contributed by atoms with Gasteiger partial charge in [-0.1, -0.05) is 18.2 Å². The van der Waals surface area contributed by atoms with Crippen molar-refractivity contribution in [1.29, 1.82) is 0 Å². The predicted molar refractivity (Wildman–Crippen MR) is 50.6 cm³/mol. The van der Waals surface area contributed by atoms with Gasteiger partial charge < -0.3 is 4.98 Å². The molecule has 1 atom stereocenters. The third-order valence-electron chi connectivity index (χ3n) is 1.86. The normalized spacial score (nSPS) is 13.4. The number of aromatic nitrogens is 1. The first-order valence-corrected chi connectivity index (χ1v) is 5.24. The molecule has 2 nitrogen and oxygen atoms in total. The van der Waals surface area contributed by atoms with E-state index in [9.17, 15) is 4.21 Å². The Labute approximate surface area is 73.1 Å². The Kier molecular flexibility index (Phi) is 1.73. The molecule has 0 spiro atoms. The van der Waals surface area contributed by atoms with E-state index >= 15 is 0 Å². The quantitative estimate of drug-likeness (QED) is 0.712. The summed E-state index contributed by atoms with van der Waals surface area (Å²) in [5, 5.41) is 1.05. The largest absolute Gasteiger partial charge is 0.360 e. The van der Waals surface area contributed by atoms with Gasteiger partial charge in [0, 0.05) is 23.4 Å². The van der Waals surface area contributed by atoms with Crippen LogP contribution in [0.2, 0.25) is 0 Å². The van der Waals surface area contributed by atoms with Crippen molar-refractivity contribution in [2.75, 3.05) is 6.26 Å². The van der Waals surface area contributed by atoms with E-state index in [-0.39, 0.29) is 0 Å². The molecule has 12 heavy (non-hydrogen) atoms. The standard InChI is InChI=1S/C9H9NOS/c1-12(11)9-6-10-8-5-3-2-4-7(8)9/h2-6,10H,1H3/t12-/m0/s1. The summed E-state index contributed by atoms with van der Waals surface area (Å²) in [7, 11) is -0.904. The smallest absolute Gasteiger partial charge is 0.0638 e. The van der Waals surface area contributed by atoms with Gasteiger partial charge in [-0.15, -0.1) is 0 Å². The highest BCUT2D eigenvalue weighted by atomic mass is 32.2. The Morgan fingerprint density at radius 2 is 2.08 bits per heavy atom. The van der Waals surface area contributed by atoms with Crippen LogP contribution in [-0.2, 0) is 10.8 Å². The average Bonchev–Trinajstić information content (AvgIpc) is 2.47. The maximum Gasteiger partial charge on any atom is 0.0638 e. The summed E-state index contributed by atoms with van der Waals surface area (Å²) in [6, 6.07) is 7.86. The molecule has 0 aliphatic rings. The van der Waals surface area contributed by atoms with Crippen LogP contribution in [-0.4, -0.2) is 15.4 Å². The number of H-pyrrole nitrogens is 1. The first-order valence-electron chi connectivity index (χ1n) is 3.68. The van der Waals surface area contributed by atoms with E-state index in [2.05, 4.69) is 4.98 Å². The van der Waals surface area contributed by atoms with Crippen LogP contribution in [0.1, 0.15) is 0 Å². The lowest BCUT2D eigenvalue weighted by Gasteiger charge is -1.91. The minimum Gasteiger partial charge on any atom is -0.360 e. The van der Waals surface area contributed by atoms with Crippen molar-refractivity contribution in [2.45, 2.75) is 4.90 Å². The number of nitrogens with one attached hydrogen (secondary N) is 1. The molecule has 2 rings (SSSR count). The Bertz CT molecular complexity index is 433. The van der Waals surface area contributed by atoms with Gasteiger partial charge in [-0.2, -0.15) is 0 Å². The fourth-order valence-corrected chi connectivity index (χ4v) is 2.00. The zero-order valence-electron chi connectivity index (χ0n) is 6.70. The molecule has 0 saturated heterocycles. The van der Waals surface area contributed by atoms with Crippen LogP contribution in [0, 0.1) is 0 Å². The Hall–Kier alpha value is -1.09. The van der Waals surface area contributed by atoms with Crippen molar-refractivity contribution >= 4 is 21.7 Å². The van der Waals surface area contributed by atoms with E-state index < -0.39 is 10.8 Å². The lowest BCUT2D eigenvalue weighted by Crippen LogP contribution is -1.83. The second-order valence-electron chi connectivity index (χ2n) is 2.65. The van der Waals surface area contributed by atoms with Crippen molar-refractivity contribution in [2.24, 2.45) is 0 Å². The number of benzene rings is 1. The van der Waals surface area contributed by atoms with E-state index in [1.807, 2.05) is 24.3 Å². The number of para-hydroxylation sites is 1. The van der Waals surface area contributed by atoms with Crippen LogP contribution < -0.4 is 0 Å². The average molecular weight is 179 g/mol. The number of hydrogen-bond donors (Lipinski definition) is 1. The molecule has 1 N–H and O–H groups in total. The Balaban J connectivity index is 2.79. The van der Waals surface area contributed by atoms with Crippen molar-refractivity contribution in [1.82, 2.24) is 4.98 Å². The van der Waals surface area contributed by atoms with E-state index in [1.54, 1.807) is 12.5 Å². The Morgan fingerprint density at radius 1 is 1.33 bits per heavy atom. The molecule has 0 aliphatic carbocycles. The summed E-state index contributed by atoms with van der Waals surface area (Å²) < 4.78 is 11.2. The van der Waals surface area contributed by atoms with Gasteiger partial charge in [-0.25, -0.2) is 0 Å². The molecular formula is C9H9NOS. The van der Waals surface area contributed by atoms with Gasteiger partial charge in [0.05, 0.1) is 15.7 Å². The summed E-state index contributed by atoms with van der Waals surface area (Å²) >= 11 is 0. The van der Waals surface area contributed by atoms with E-state index in [0.717, 1.165) is 15.8 Å². The van der Waals surface area contributed by atoms with Crippen LogP contribution in [0.25, 0.3) is 10.9 Å². The van der Waals surface area contributed by atoms with Crippen molar-refractivity contribution in [3.63, 3.8) is 0 Å². The van der Waals surface area contributed by atoms with Gasteiger partial charge in [0.2, 0.25) is 0 Å². The van der Waals surface area contributed by atoms with Gasteiger partial charge in [-0.05, 0) is 6.07 Å². The van der Waals surface area contributed by atoms with Gasteiger partial charge in [0.25, 0.3) is 0 Å². The first-order chi connectivity index (χ1) is 5.79. The molecule has 0 aliphatic heterocycles. The number of rotatable bonds is 1. The molecule has 0 bridgehead atoms. The lowest BCUT2D eigenvalue weighted by molar-refractivity contribution is 0.687. The molecular weight excluding hydrogens is 170 g/mol. The maximum absolute atomic E-state index is 11.2. The molecule has 0 amide bonds. The van der Waals surface area contributed by atoms with Gasteiger partial charge in [0.15, 0.2) is 0 Å². The Morgan fingerprint density at radius 3 is 2.83 bits per heavy atom. The molecule has 0 radical (unpaired) electrons. The predicted octanol–water partition coefficient (Wildman–Crippen LogP) is 1.91. The molecule has 1 aromatic carbocycles. The lowest BCUT2D eigenvalue weighted by atomic mass is 10.2. The van der Waals surface area contributed by atoms with Crippen molar-refractivity contribution < 1.29 is 4.21 Å². The molecule has 1 heterocycles. The summed E-state index contributed by atoms with van der Waals surface area (Å²) in [4.78, 5) is 3.96. The molecule has 2 aromatic rings. The minimum absolute atomic E-state index is 0.880. The topological polar surface area (TPSA) is 32.9 Å². The molecule has 3 heteroatoms. The third-order valence-corrected chi connectivity index (χ3v) is 2.82. The van der Waals surface area contributed by atoms with Gasteiger partial charge in [-0.3, -0.25) is 4.21 Å². The highest BCUT2D eigenvalue weighted by Crippen LogP contribution is 2.19. The van der Waals surface area contributed by atoms with Crippen LogP contribution in [0.5, 0.6) is 0 Å².